The monoisotopic (exact) mass is 251 g/mol. The molecule has 0 N–H and O–H groups in total. The van der Waals surface area contributed by atoms with E-state index in [9.17, 15) is 9.18 Å². The van der Waals surface area contributed by atoms with Gasteiger partial charge in [0.2, 0.25) is 5.95 Å². The topological polar surface area (TPSA) is 30.0 Å². The van der Waals surface area contributed by atoms with Crippen molar-refractivity contribution in [2.45, 2.75) is 0 Å². The third-order valence-corrected chi connectivity index (χ3v) is 1.71. The number of pyridine rings is 1. The van der Waals surface area contributed by atoms with Gasteiger partial charge in [-0.05, 0) is 28.7 Å². The molecule has 1 heterocycles. The molecule has 4 heteroatoms. The maximum absolute atomic E-state index is 12.4. The van der Waals surface area contributed by atoms with Gasteiger partial charge in [-0.2, -0.15) is 4.39 Å². The first kappa shape index (κ1) is 7.59. The summed E-state index contributed by atoms with van der Waals surface area (Å²) in [6.07, 6.45) is 1.83. The molecule has 1 aromatic rings. The molecule has 0 aliphatic rings. The van der Waals surface area contributed by atoms with Gasteiger partial charge < -0.3 is 0 Å². The van der Waals surface area contributed by atoms with Crippen LogP contribution < -0.4 is 0 Å². The molecule has 0 fully saturated rings. The smallest absolute Gasteiger partial charge is 0.226 e. The number of aldehydes is 1. The van der Waals surface area contributed by atoms with Gasteiger partial charge >= 0.3 is 0 Å². The molecule has 2 nitrogen and oxygen atoms in total. The highest BCUT2D eigenvalue weighted by Gasteiger charge is 1.99. The molecule has 0 bridgehead atoms. The Morgan fingerprint density at radius 3 is 2.90 bits per heavy atom. The summed E-state index contributed by atoms with van der Waals surface area (Å²) in [6.45, 7) is 0. The molecular formula is C6H3FINO. The molecule has 0 saturated carbocycles. The number of rotatable bonds is 1. The molecule has 0 aromatic carbocycles. The van der Waals surface area contributed by atoms with Gasteiger partial charge in [0, 0.05) is 11.8 Å². The SMILES string of the molecule is O=Cc1cnc(F)c(I)c1. The predicted octanol–water partition coefficient (Wildman–Crippen LogP) is 1.64. The zero-order chi connectivity index (χ0) is 7.56. The fourth-order valence-corrected chi connectivity index (χ4v) is 0.999. The first-order chi connectivity index (χ1) is 4.74. The molecule has 0 spiro atoms. The zero-order valence-electron chi connectivity index (χ0n) is 4.84. The van der Waals surface area contributed by atoms with E-state index >= 15 is 0 Å². The van der Waals surface area contributed by atoms with Crippen LogP contribution >= 0.6 is 22.6 Å². The maximum Gasteiger partial charge on any atom is 0.226 e. The second kappa shape index (κ2) is 3.05. The van der Waals surface area contributed by atoms with E-state index in [-0.39, 0.29) is 0 Å². The number of carbonyl (C=O) groups is 1. The van der Waals surface area contributed by atoms with E-state index in [1.807, 2.05) is 0 Å². The van der Waals surface area contributed by atoms with E-state index in [4.69, 9.17) is 0 Å². The van der Waals surface area contributed by atoms with Crippen molar-refractivity contribution in [3.63, 3.8) is 0 Å². The van der Waals surface area contributed by atoms with Gasteiger partial charge in [-0.1, -0.05) is 0 Å². The van der Waals surface area contributed by atoms with Crippen LogP contribution in [-0.4, -0.2) is 11.3 Å². The summed E-state index contributed by atoms with van der Waals surface area (Å²) < 4.78 is 12.8. The average Bonchev–Trinajstić information content (AvgIpc) is 1.95. The summed E-state index contributed by atoms with van der Waals surface area (Å²) in [4.78, 5) is 13.4. The molecule has 52 valence electrons. The summed E-state index contributed by atoms with van der Waals surface area (Å²) in [7, 11) is 0. The molecule has 0 atom stereocenters. The van der Waals surface area contributed by atoms with Crippen LogP contribution in [0.25, 0.3) is 0 Å². The van der Waals surface area contributed by atoms with Crippen LogP contribution in [0.5, 0.6) is 0 Å². The fraction of sp³-hybridized carbons (Fsp3) is 0. The summed E-state index contributed by atoms with van der Waals surface area (Å²) >= 11 is 1.78. The molecular weight excluding hydrogens is 248 g/mol. The van der Waals surface area contributed by atoms with Gasteiger partial charge in [0.05, 0.1) is 3.57 Å². The molecule has 0 aliphatic heterocycles. The molecule has 0 saturated heterocycles. The largest absolute Gasteiger partial charge is 0.298 e. The zero-order valence-corrected chi connectivity index (χ0v) is 7.00. The van der Waals surface area contributed by atoms with Crippen LogP contribution in [0.15, 0.2) is 12.3 Å². The first-order valence-electron chi connectivity index (χ1n) is 2.50. The van der Waals surface area contributed by atoms with Gasteiger partial charge in [-0.25, -0.2) is 4.98 Å². The lowest BCUT2D eigenvalue weighted by Gasteiger charge is -1.91. The Kier molecular flexibility index (Phi) is 2.31. The first-order valence-corrected chi connectivity index (χ1v) is 3.58. The molecule has 1 aromatic heterocycles. The average molecular weight is 251 g/mol. The van der Waals surface area contributed by atoms with E-state index in [1.54, 1.807) is 22.6 Å². The van der Waals surface area contributed by atoms with Crippen molar-refractivity contribution >= 4 is 28.9 Å². The van der Waals surface area contributed by atoms with Crippen LogP contribution in [0, 0.1) is 9.52 Å². The fourth-order valence-electron chi connectivity index (χ4n) is 0.500. The van der Waals surface area contributed by atoms with E-state index in [1.165, 1.54) is 12.3 Å². The third kappa shape index (κ3) is 1.50. The second-order valence-electron chi connectivity index (χ2n) is 1.66. The van der Waals surface area contributed by atoms with Gasteiger partial charge in [0.25, 0.3) is 0 Å². The number of nitrogens with zero attached hydrogens (tertiary/aromatic N) is 1. The van der Waals surface area contributed by atoms with Crippen molar-refractivity contribution in [1.29, 1.82) is 0 Å². The van der Waals surface area contributed by atoms with Crippen LogP contribution in [0.4, 0.5) is 4.39 Å². The van der Waals surface area contributed by atoms with Crippen LogP contribution in [0.3, 0.4) is 0 Å². The minimum atomic E-state index is -0.536. The molecule has 0 aliphatic carbocycles. The number of carbonyl (C=O) groups excluding carboxylic acids is 1. The lowest BCUT2D eigenvalue weighted by Crippen LogP contribution is -1.90. The highest BCUT2D eigenvalue weighted by molar-refractivity contribution is 14.1. The van der Waals surface area contributed by atoms with E-state index in [0.717, 1.165) is 0 Å². The van der Waals surface area contributed by atoms with Crippen molar-refractivity contribution in [3.05, 3.63) is 27.3 Å². The van der Waals surface area contributed by atoms with E-state index in [2.05, 4.69) is 4.98 Å². The summed E-state index contributed by atoms with van der Waals surface area (Å²) in [6, 6.07) is 1.44. The molecule has 0 radical (unpaired) electrons. The van der Waals surface area contributed by atoms with Gasteiger partial charge in [-0.3, -0.25) is 4.79 Å². The molecule has 0 unspecified atom stereocenters. The predicted molar refractivity (Wildman–Crippen MR) is 42.3 cm³/mol. The minimum Gasteiger partial charge on any atom is -0.298 e. The van der Waals surface area contributed by atoms with Crippen LogP contribution in [-0.2, 0) is 0 Å². The Bertz CT molecular complexity index is 264. The molecule has 1 rings (SSSR count). The Morgan fingerprint density at radius 1 is 1.70 bits per heavy atom. The number of aromatic nitrogens is 1. The van der Waals surface area contributed by atoms with Crippen molar-refractivity contribution in [2.75, 3.05) is 0 Å². The summed E-state index contributed by atoms with van der Waals surface area (Å²) in [5.74, 6) is -0.536. The number of hydrogen-bond acceptors (Lipinski definition) is 2. The lowest BCUT2D eigenvalue weighted by molar-refractivity contribution is 0.112. The van der Waals surface area contributed by atoms with Crippen molar-refractivity contribution in [1.82, 2.24) is 4.98 Å². The normalized spacial score (nSPS) is 9.40. The van der Waals surface area contributed by atoms with Crippen LogP contribution in [0.2, 0.25) is 0 Å². The van der Waals surface area contributed by atoms with Gasteiger partial charge in [0.1, 0.15) is 0 Å². The third-order valence-electron chi connectivity index (χ3n) is 0.954. The van der Waals surface area contributed by atoms with E-state index < -0.39 is 5.95 Å². The second-order valence-corrected chi connectivity index (χ2v) is 2.82. The highest BCUT2D eigenvalue weighted by atomic mass is 127. The van der Waals surface area contributed by atoms with Crippen LogP contribution in [0.1, 0.15) is 10.4 Å². The Hall–Kier alpha value is -0.520. The summed E-state index contributed by atoms with van der Waals surface area (Å²) in [5, 5.41) is 0. The summed E-state index contributed by atoms with van der Waals surface area (Å²) in [5.41, 5.74) is 0.394. The van der Waals surface area contributed by atoms with Crippen molar-refractivity contribution in [3.8, 4) is 0 Å². The standard InChI is InChI=1S/C6H3FINO/c7-6-5(8)1-4(3-10)2-9-6/h1-3H. The Morgan fingerprint density at radius 2 is 2.40 bits per heavy atom. The number of halogens is 2. The van der Waals surface area contributed by atoms with Gasteiger partial charge in [0.15, 0.2) is 6.29 Å². The Labute approximate surface area is 70.6 Å². The highest BCUT2D eigenvalue weighted by Crippen LogP contribution is 2.08. The van der Waals surface area contributed by atoms with Gasteiger partial charge in [-0.15, -0.1) is 0 Å². The number of hydrogen-bond donors (Lipinski definition) is 0. The van der Waals surface area contributed by atoms with Crippen molar-refractivity contribution in [2.24, 2.45) is 0 Å². The maximum atomic E-state index is 12.4. The van der Waals surface area contributed by atoms with Crippen molar-refractivity contribution < 1.29 is 9.18 Å². The Balaban J connectivity index is 3.16. The lowest BCUT2D eigenvalue weighted by atomic mass is 10.3. The molecule has 10 heavy (non-hydrogen) atoms. The van der Waals surface area contributed by atoms with E-state index in [0.29, 0.717) is 15.4 Å². The minimum absolute atomic E-state index is 0.363. The quantitative estimate of drug-likeness (QED) is 0.431. The molecule has 0 amide bonds.